The van der Waals surface area contributed by atoms with E-state index in [1.165, 1.54) is 29.4 Å². The number of halogens is 2. The van der Waals surface area contributed by atoms with Gasteiger partial charge in [-0.25, -0.2) is 31.6 Å². The highest BCUT2D eigenvalue weighted by Gasteiger charge is 2.25. The molecule has 0 fully saturated rings. The van der Waals surface area contributed by atoms with Crippen LogP contribution in [0.15, 0.2) is 58.6 Å². The number of ether oxygens (including phenoxy) is 1. The van der Waals surface area contributed by atoms with Gasteiger partial charge in [-0.15, -0.1) is 22.7 Å². The zero-order valence-electron chi connectivity index (χ0n) is 27.5. The largest absolute Gasteiger partial charge is 0.436 e. The maximum absolute atomic E-state index is 13.0. The molecule has 4 rings (SSSR count). The summed E-state index contributed by atoms with van der Waals surface area (Å²) in [7, 11) is -7.81. The third-order valence-electron chi connectivity index (χ3n) is 7.41. The standard InChI is InChI=1S/C31H36Cl2N6O7S4/c1-5-25(28(40)34-15-13-21-17-35-29(47-21)37-49(42,43)26-11-7-9-23(32)19(26)3)46-31(41)39(6-2)16-14-22-18-36-30(48-22)38-50(44,45)27-12-8-10-24(33)20(27)4/h7-12,17-18,25H,5-6,13-16H2,1-4H3,(H,34,40)(H,35,37)(H,36,38). The second-order valence-electron chi connectivity index (χ2n) is 10.9. The number of likely N-dealkylation sites (N-methyl/N-ethyl adjacent to an activating group) is 1. The molecule has 2 amide bonds. The van der Waals surface area contributed by atoms with Crippen LogP contribution in [-0.2, 0) is 42.4 Å². The summed E-state index contributed by atoms with van der Waals surface area (Å²) in [6, 6.07) is 9.25. The molecule has 0 aliphatic carbocycles. The molecule has 1 unspecified atom stereocenters. The lowest BCUT2D eigenvalue weighted by atomic mass is 10.2. The lowest BCUT2D eigenvalue weighted by Crippen LogP contribution is -2.42. The highest BCUT2D eigenvalue weighted by Crippen LogP contribution is 2.28. The van der Waals surface area contributed by atoms with E-state index in [0.29, 0.717) is 40.6 Å². The van der Waals surface area contributed by atoms with Crippen molar-refractivity contribution in [1.82, 2.24) is 20.2 Å². The average molecular weight is 804 g/mol. The maximum atomic E-state index is 13.0. The summed E-state index contributed by atoms with van der Waals surface area (Å²) < 4.78 is 61.9. The fraction of sp³-hybridized carbons (Fsp3) is 0.355. The first kappa shape index (κ1) is 39.3. The van der Waals surface area contributed by atoms with Gasteiger partial charge in [0.1, 0.15) is 0 Å². The summed E-state index contributed by atoms with van der Waals surface area (Å²) in [5.74, 6) is -0.465. The smallest absolute Gasteiger partial charge is 0.410 e. The van der Waals surface area contributed by atoms with Crippen molar-refractivity contribution >= 4 is 88.2 Å². The summed E-state index contributed by atoms with van der Waals surface area (Å²) in [6.07, 6.45) is 2.37. The Bertz CT molecular complexity index is 2050. The van der Waals surface area contributed by atoms with Crippen molar-refractivity contribution in [3.05, 3.63) is 79.7 Å². The van der Waals surface area contributed by atoms with Crippen molar-refractivity contribution < 1.29 is 31.2 Å². The van der Waals surface area contributed by atoms with Crippen molar-refractivity contribution in [2.75, 3.05) is 29.1 Å². The zero-order chi connectivity index (χ0) is 36.6. The van der Waals surface area contributed by atoms with Crippen LogP contribution in [0.1, 0.15) is 41.1 Å². The molecule has 2 heterocycles. The first-order valence-electron chi connectivity index (χ1n) is 15.3. The molecule has 4 aromatic rings. The maximum Gasteiger partial charge on any atom is 0.410 e. The monoisotopic (exact) mass is 802 g/mol. The van der Waals surface area contributed by atoms with E-state index in [-0.39, 0.29) is 39.6 Å². The van der Waals surface area contributed by atoms with Crippen molar-refractivity contribution in [3.8, 4) is 0 Å². The third kappa shape index (κ3) is 10.1. The average Bonchev–Trinajstić information content (AvgIpc) is 3.70. The fourth-order valence-electron chi connectivity index (χ4n) is 4.60. The first-order valence-corrected chi connectivity index (χ1v) is 20.7. The Balaban J connectivity index is 1.24. The fourth-order valence-corrected chi connectivity index (χ4v) is 9.70. The van der Waals surface area contributed by atoms with E-state index in [1.807, 2.05) is 0 Å². The quantitative estimate of drug-likeness (QED) is 0.118. The number of anilines is 2. The van der Waals surface area contributed by atoms with Crippen LogP contribution < -0.4 is 14.8 Å². The van der Waals surface area contributed by atoms with Gasteiger partial charge < -0.3 is 15.0 Å². The molecule has 0 spiro atoms. The Hall–Kier alpha value is -3.48. The number of carbonyl (C=O) groups is 2. The Labute approximate surface area is 309 Å². The van der Waals surface area contributed by atoms with Gasteiger partial charge in [-0.05, 0) is 62.6 Å². The molecule has 13 nitrogen and oxygen atoms in total. The van der Waals surface area contributed by atoms with Crippen molar-refractivity contribution in [1.29, 1.82) is 0 Å². The number of nitrogens with zero attached hydrogens (tertiary/aromatic N) is 3. The Morgan fingerprint density at radius 3 is 1.82 bits per heavy atom. The van der Waals surface area contributed by atoms with Crippen LogP contribution in [0.4, 0.5) is 15.1 Å². The molecule has 0 aliphatic heterocycles. The normalized spacial score (nSPS) is 12.3. The van der Waals surface area contributed by atoms with Crippen LogP contribution in [0.3, 0.4) is 0 Å². The molecule has 1 atom stereocenters. The Morgan fingerprint density at radius 1 is 0.840 bits per heavy atom. The summed E-state index contributed by atoms with van der Waals surface area (Å²) in [4.78, 5) is 37.2. The molecule has 3 N–H and O–H groups in total. The van der Waals surface area contributed by atoms with E-state index >= 15 is 0 Å². The van der Waals surface area contributed by atoms with Crippen molar-refractivity contribution in [2.45, 2.75) is 62.9 Å². The van der Waals surface area contributed by atoms with Crippen molar-refractivity contribution in [3.63, 3.8) is 0 Å². The summed E-state index contributed by atoms with van der Waals surface area (Å²) in [5.41, 5.74) is 0.855. The van der Waals surface area contributed by atoms with Crippen molar-refractivity contribution in [2.24, 2.45) is 0 Å². The lowest BCUT2D eigenvalue weighted by Gasteiger charge is -2.23. The van der Waals surface area contributed by atoms with Crippen LogP contribution in [0, 0.1) is 13.8 Å². The molecular weight excluding hydrogens is 768 g/mol. The van der Waals surface area contributed by atoms with E-state index < -0.39 is 38.2 Å². The molecule has 2 aromatic heterocycles. The highest BCUT2D eigenvalue weighted by atomic mass is 35.5. The van der Waals surface area contributed by atoms with Gasteiger partial charge in [-0.3, -0.25) is 14.2 Å². The molecular formula is C31H36Cl2N6O7S4. The molecule has 0 aliphatic rings. The number of hydrogen-bond acceptors (Lipinski definition) is 11. The number of nitrogens with one attached hydrogen (secondary N) is 3. The molecule has 270 valence electrons. The summed E-state index contributed by atoms with van der Waals surface area (Å²) in [5, 5.41) is 3.78. The molecule has 50 heavy (non-hydrogen) atoms. The minimum atomic E-state index is -3.91. The number of amides is 2. The SMILES string of the molecule is CCC(OC(=O)N(CC)CCc1cnc(NS(=O)(=O)c2cccc(Cl)c2C)s1)C(=O)NCCc1cnc(NS(=O)(=O)c2cccc(Cl)c2C)s1. The number of aromatic nitrogens is 2. The number of benzene rings is 2. The van der Waals surface area contributed by atoms with E-state index in [0.717, 1.165) is 32.4 Å². The van der Waals surface area contributed by atoms with Gasteiger partial charge in [0.25, 0.3) is 26.0 Å². The van der Waals surface area contributed by atoms with Gasteiger partial charge in [0.2, 0.25) is 0 Å². The van der Waals surface area contributed by atoms with Gasteiger partial charge in [0.05, 0.1) is 9.79 Å². The molecule has 0 saturated heterocycles. The van der Waals surface area contributed by atoms with E-state index in [1.54, 1.807) is 52.0 Å². The molecule has 0 saturated carbocycles. The predicted octanol–water partition coefficient (Wildman–Crippen LogP) is 6.26. The third-order valence-corrected chi connectivity index (χ3v) is 13.4. The highest BCUT2D eigenvalue weighted by molar-refractivity contribution is 7.93. The number of hydrogen-bond donors (Lipinski definition) is 3. The second kappa shape index (κ2) is 17.2. The molecule has 0 radical (unpaired) electrons. The van der Waals surface area contributed by atoms with Gasteiger partial charge in [0, 0.05) is 64.7 Å². The van der Waals surface area contributed by atoms with E-state index in [9.17, 15) is 26.4 Å². The lowest BCUT2D eigenvalue weighted by molar-refractivity contribution is -0.130. The van der Waals surface area contributed by atoms with Crippen LogP contribution in [0.25, 0.3) is 0 Å². The van der Waals surface area contributed by atoms with Gasteiger partial charge in [-0.1, -0.05) is 42.3 Å². The predicted molar refractivity (Wildman–Crippen MR) is 196 cm³/mol. The Morgan fingerprint density at radius 2 is 1.34 bits per heavy atom. The summed E-state index contributed by atoms with van der Waals surface area (Å²) in [6.45, 7) is 7.52. The minimum absolute atomic E-state index is 0.0550. The molecule has 0 bridgehead atoms. The van der Waals surface area contributed by atoms with Crippen LogP contribution >= 0.6 is 45.9 Å². The van der Waals surface area contributed by atoms with E-state index in [4.69, 9.17) is 27.9 Å². The molecule has 2 aromatic carbocycles. The summed E-state index contributed by atoms with van der Waals surface area (Å²) >= 11 is 14.4. The number of rotatable bonds is 16. The first-order chi connectivity index (χ1) is 23.6. The van der Waals surface area contributed by atoms with Gasteiger partial charge in [-0.2, -0.15) is 0 Å². The zero-order valence-corrected chi connectivity index (χ0v) is 32.3. The number of carbonyl (C=O) groups excluding carboxylic acids is 2. The van der Waals surface area contributed by atoms with Crippen LogP contribution in [0.2, 0.25) is 10.0 Å². The topological polar surface area (TPSA) is 177 Å². The number of thiazole rings is 2. The minimum Gasteiger partial charge on any atom is -0.436 e. The van der Waals surface area contributed by atoms with Crippen LogP contribution in [-0.4, -0.2) is 69.4 Å². The Kier molecular flexibility index (Phi) is 13.5. The van der Waals surface area contributed by atoms with Crippen LogP contribution in [0.5, 0.6) is 0 Å². The van der Waals surface area contributed by atoms with Gasteiger partial charge in [0.15, 0.2) is 16.4 Å². The molecule has 19 heteroatoms. The second-order valence-corrected chi connectivity index (χ2v) is 17.2. The van der Waals surface area contributed by atoms with Gasteiger partial charge >= 0.3 is 6.09 Å². The van der Waals surface area contributed by atoms with E-state index in [2.05, 4.69) is 24.7 Å². The number of sulfonamides is 2.